The summed E-state index contributed by atoms with van der Waals surface area (Å²) in [6.45, 7) is 1.93. The molecule has 0 heterocycles. The molecule has 1 nitrogen and oxygen atoms in total. The molecule has 0 aromatic rings. The Morgan fingerprint density at radius 2 is 1.75 bits per heavy atom. The van der Waals surface area contributed by atoms with Gasteiger partial charge >= 0.3 is 0 Å². The van der Waals surface area contributed by atoms with E-state index in [1.165, 1.54) is 0 Å². The van der Waals surface area contributed by atoms with Crippen molar-refractivity contribution < 1.29 is 37.8 Å². The van der Waals surface area contributed by atoms with Gasteiger partial charge in [0, 0.05) is 39.3 Å². The van der Waals surface area contributed by atoms with Gasteiger partial charge in [0.25, 0.3) is 0 Å². The van der Waals surface area contributed by atoms with Gasteiger partial charge in [-0.3, -0.25) is 0 Å². The minimum atomic E-state index is 0. The topological polar surface area (TPSA) is 20.2 Å². The minimum Gasteiger partial charge on any atom is -0.397 e. The molecule has 0 aliphatic heterocycles. The molecule has 23 valence electrons. The van der Waals surface area contributed by atoms with Crippen LogP contribution < -0.4 is 0 Å². The van der Waals surface area contributed by atoms with Crippen molar-refractivity contribution in [3.8, 4) is 0 Å². The van der Waals surface area contributed by atoms with Crippen molar-refractivity contribution in [2.24, 2.45) is 0 Å². The fraction of sp³-hybridized carbons (Fsp3) is 1.00. The SMILES string of the molecule is CCO.[Y]. The predicted octanol–water partition coefficient (Wildman–Crippen LogP) is -0.00390. The van der Waals surface area contributed by atoms with Crippen molar-refractivity contribution in [2.75, 3.05) is 6.61 Å². The van der Waals surface area contributed by atoms with Crippen LogP contribution >= 0.6 is 0 Å². The maximum Gasteiger partial charge on any atom is 0.0402 e. The molecular formula is C2H6OY. The van der Waals surface area contributed by atoms with Gasteiger partial charge in [0.15, 0.2) is 0 Å². The van der Waals surface area contributed by atoms with Crippen LogP contribution in [0.3, 0.4) is 0 Å². The average Bonchev–Trinajstić information content (AvgIpc) is 0.918. The second-order valence-corrected chi connectivity index (χ2v) is 0.316. The normalized spacial score (nSPS) is 4.50. The Morgan fingerprint density at radius 3 is 1.75 bits per heavy atom. The molecule has 1 radical (unpaired) electrons. The Bertz CT molecular complexity index is 6.00. The van der Waals surface area contributed by atoms with Crippen LogP contribution in [0.2, 0.25) is 0 Å². The summed E-state index contributed by atoms with van der Waals surface area (Å²) in [5.74, 6) is 0. The molecule has 4 heavy (non-hydrogen) atoms. The zero-order valence-electron chi connectivity index (χ0n) is 2.73. The Morgan fingerprint density at radius 1 is 1.75 bits per heavy atom. The van der Waals surface area contributed by atoms with E-state index in [2.05, 4.69) is 0 Å². The van der Waals surface area contributed by atoms with Crippen molar-refractivity contribution in [1.29, 1.82) is 0 Å². The molecule has 2 heteroatoms. The minimum absolute atomic E-state index is 0. The van der Waals surface area contributed by atoms with Crippen LogP contribution in [0.5, 0.6) is 0 Å². The molecule has 0 atom stereocenters. The number of hydrogen-bond donors (Lipinski definition) is 1. The summed E-state index contributed by atoms with van der Waals surface area (Å²) in [6.07, 6.45) is 0. The van der Waals surface area contributed by atoms with Crippen molar-refractivity contribution in [2.45, 2.75) is 6.92 Å². The zero-order chi connectivity index (χ0) is 2.71. The molecule has 1 N–H and O–H groups in total. The molecule has 0 fully saturated rings. The molecule has 0 aromatic carbocycles. The molecule has 0 saturated carbocycles. The van der Waals surface area contributed by atoms with E-state index in [9.17, 15) is 0 Å². The Kier molecular flexibility index (Phi) is 19.9. The summed E-state index contributed by atoms with van der Waals surface area (Å²) in [6, 6.07) is 0. The molecule has 0 rings (SSSR count). The number of aliphatic hydroxyl groups is 1. The van der Waals surface area contributed by atoms with E-state index in [4.69, 9.17) is 5.11 Å². The Hall–Kier alpha value is 1.06. The Labute approximate surface area is 51.3 Å². The van der Waals surface area contributed by atoms with Crippen LogP contribution in [-0.2, 0) is 32.7 Å². The summed E-state index contributed by atoms with van der Waals surface area (Å²) in [4.78, 5) is 0. The number of hydrogen-bond acceptors (Lipinski definition) is 1. The summed E-state index contributed by atoms with van der Waals surface area (Å²) in [7, 11) is 0. The number of aliphatic hydroxyl groups excluding tert-OH is 1. The Balaban J connectivity index is 0. The molecule has 0 aliphatic carbocycles. The molecular weight excluding hydrogens is 129 g/mol. The molecule has 0 amide bonds. The van der Waals surface area contributed by atoms with Crippen LogP contribution in [0.1, 0.15) is 6.92 Å². The van der Waals surface area contributed by atoms with Crippen LogP contribution in [0.4, 0.5) is 0 Å². The van der Waals surface area contributed by atoms with E-state index >= 15 is 0 Å². The standard InChI is InChI=1S/C2H6O.Y/c1-2-3;/h3H,2H2,1H3;. The molecule has 0 spiro atoms. The second-order valence-electron chi connectivity index (χ2n) is 0.316. The van der Waals surface area contributed by atoms with Gasteiger partial charge in [-0.25, -0.2) is 0 Å². The van der Waals surface area contributed by atoms with Gasteiger partial charge in [-0.15, -0.1) is 0 Å². The summed E-state index contributed by atoms with van der Waals surface area (Å²) in [5, 5.41) is 7.57. The van der Waals surface area contributed by atoms with Gasteiger partial charge in [0.1, 0.15) is 0 Å². The average molecular weight is 135 g/mol. The third kappa shape index (κ3) is 11.5. The summed E-state index contributed by atoms with van der Waals surface area (Å²) < 4.78 is 0. The van der Waals surface area contributed by atoms with Crippen LogP contribution in [-0.4, -0.2) is 11.7 Å². The fourth-order valence-corrected chi connectivity index (χ4v) is 0. The van der Waals surface area contributed by atoms with E-state index < -0.39 is 0 Å². The van der Waals surface area contributed by atoms with Crippen molar-refractivity contribution in [3.05, 3.63) is 0 Å². The largest absolute Gasteiger partial charge is 0.397 e. The first-order valence-corrected chi connectivity index (χ1v) is 1.02. The van der Waals surface area contributed by atoms with Crippen LogP contribution in [0, 0.1) is 0 Å². The van der Waals surface area contributed by atoms with Crippen LogP contribution in [0.25, 0.3) is 0 Å². The van der Waals surface area contributed by atoms with Gasteiger partial charge in [-0.05, 0) is 6.92 Å². The molecule has 0 unspecified atom stereocenters. The molecule has 0 aromatic heterocycles. The first-order chi connectivity index (χ1) is 1.41. The molecule has 0 bridgehead atoms. The van der Waals surface area contributed by atoms with Gasteiger partial charge in [0.05, 0.1) is 0 Å². The van der Waals surface area contributed by atoms with Gasteiger partial charge in [-0.2, -0.15) is 0 Å². The third-order valence-electron chi connectivity index (χ3n) is 0. The van der Waals surface area contributed by atoms with E-state index in [1.807, 2.05) is 0 Å². The third-order valence-corrected chi connectivity index (χ3v) is 0. The van der Waals surface area contributed by atoms with Gasteiger partial charge in [-0.1, -0.05) is 0 Å². The van der Waals surface area contributed by atoms with Crippen molar-refractivity contribution >= 4 is 0 Å². The first-order valence-electron chi connectivity index (χ1n) is 1.02. The first kappa shape index (κ1) is 8.91. The predicted molar refractivity (Wildman–Crippen MR) is 12.8 cm³/mol. The second kappa shape index (κ2) is 8.96. The van der Waals surface area contributed by atoms with E-state index in [1.54, 1.807) is 6.92 Å². The molecule has 0 aliphatic rings. The van der Waals surface area contributed by atoms with E-state index in [0.717, 1.165) is 0 Å². The van der Waals surface area contributed by atoms with E-state index in [0.29, 0.717) is 0 Å². The maximum absolute atomic E-state index is 7.57. The van der Waals surface area contributed by atoms with Gasteiger partial charge in [0.2, 0.25) is 0 Å². The van der Waals surface area contributed by atoms with Gasteiger partial charge < -0.3 is 5.11 Å². The van der Waals surface area contributed by atoms with Crippen molar-refractivity contribution in [3.63, 3.8) is 0 Å². The quantitative estimate of drug-likeness (QED) is 0.495. The van der Waals surface area contributed by atoms with E-state index in [-0.39, 0.29) is 39.3 Å². The zero-order valence-corrected chi connectivity index (χ0v) is 5.57. The monoisotopic (exact) mass is 135 g/mol. The number of rotatable bonds is 0. The van der Waals surface area contributed by atoms with Crippen LogP contribution in [0.15, 0.2) is 0 Å². The fourth-order valence-electron chi connectivity index (χ4n) is 0. The summed E-state index contributed by atoms with van der Waals surface area (Å²) in [5.41, 5.74) is 0. The smallest absolute Gasteiger partial charge is 0.0402 e. The summed E-state index contributed by atoms with van der Waals surface area (Å²) >= 11 is 0. The molecule has 0 saturated heterocycles. The maximum atomic E-state index is 7.57. The van der Waals surface area contributed by atoms with Crippen molar-refractivity contribution in [1.82, 2.24) is 0 Å².